The van der Waals surface area contributed by atoms with Crippen molar-refractivity contribution in [2.45, 2.75) is 26.1 Å². The maximum absolute atomic E-state index is 12.8. The maximum Gasteiger partial charge on any atom is 0.340 e. The van der Waals surface area contributed by atoms with Crippen molar-refractivity contribution in [2.24, 2.45) is 0 Å². The number of likely N-dealkylation sites (N-methyl/N-ethyl adjacent to an activating group) is 1. The molecule has 1 aromatic rings. The topological polar surface area (TPSA) is 113 Å². The average Bonchev–Trinajstić information content (AvgIpc) is 2.51. The van der Waals surface area contributed by atoms with E-state index in [-0.39, 0.29) is 23.8 Å². The number of nitrogens with two attached hydrogens (primary N) is 1. The maximum atomic E-state index is 12.8. The number of nitrogens with zero attached hydrogens (tertiary/aromatic N) is 1. The van der Waals surface area contributed by atoms with Crippen LogP contribution >= 0.6 is 67.8 Å². The van der Waals surface area contributed by atoms with E-state index in [0.717, 1.165) is 0 Å². The number of halogens is 3. The molecule has 0 spiro atoms. The molecule has 1 amide bonds. The van der Waals surface area contributed by atoms with Crippen molar-refractivity contribution in [2.75, 3.05) is 25.9 Å². The number of nitrogen functional groups attached to an aromatic ring is 1. The van der Waals surface area contributed by atoms with E-state index < -0.39 is 24.6 Å². The Bertz CT molecular complexity index is 682. The van der Waals surface area contributed by atoms with Crippen molar-refractivity contribution < 1.29 is 24.5 Å². The van der Waals surface area contributed by atoms with Gasteiger partial charge in [-0.1, -0.05) is 0 Å². The van der Waals surface area contributed by atoms with Gasteiger partial charge in [0, 0.05) is 17.2 Å². The average molecular weight is 688 g/mol. The summed E-state index contributed by atoms with van der Waals surface area (Å²) in [5.74, 6) is -0.943. The Hall–Kier alpha value is 0.0700. The molecule has 0 aromatic heterocycles. The Morgan fingerprint density at radius 3 is 2.16 bits per heavy atom. The van der Waals surface area contributed by atoms with Gasteiger partial charge in [0.15, 0.2) is 0 Å². The number of hydrogen-bond donors (Lipinski definition) is 3. The smallest absolute Gasteiger partial charge is 0.340 e. The van der Waals surface area contributed by atoms with Crippen LogP contribution in [-0.2, 0) is 4.74 Å². The molecule has 0 bridgehead atoms. The first-order chi connectivity index (χ1) is 11.5. The Balaban J connectivity index is 3.44. The molecule has 1 atom stereocenters. The number of amides is 1. The van der Waals surface area contributed by atoms with Crippen LogP contribution in [0.2, 0.25) is 0 Å². The Labute approximate surface area is 187 Å². The molecule has 0 aliphatic carbocycles. The molecule has 10 heteroatoms. The fourth-order valence-electron chi connectivity index (χ4n) is 1.97. The van der Waals surface area contributed by atoms with Crippen LogP contribution in [0.1, 0.15) is 34.6 Å². The van der Waals surface area contributed by atoms with Gasteiger partial charge in [0.2, 0.25) is 0 Å². The molecule has 0 fully saturated rings. The van der Waals surface area contributed by atoms with Gasteiger partial charge < -0.3 is 25.6 Å². The fraction of sp³-hybridized carbons (Fsp3) is 0.467. The monoisotopic (exact) mass is 688 g/mol. The molecular weight excluding hydrogens is 669 g/mol. The van der Waals surface area contributed by atoms with E-state index in [1.807, 2.05) is 67.8 Å². The van der Waals surface area contributed by atoms with Crippen LogP contribution in [-0.4, -0.2) is 59.4 Å². The van der Waals surface area contributed by atoms with E-state index in [9.17, 15) is 14.7 Å². The van der Waals surface area contributed by atoms with Crippen molar-refractivity contribution in [1.82, 2.24) is 4.90 Å². The van der Waals surface area contributed by atoms with E-state index in [1.54, 1.807) is 13.8 Å². The molecule has 1 rings (SSSR count). The Kier molecular flexibility index (Phi) is 9.10. The van der Waals surface area contributed by atoms with Gasteiger partial charge in [0.25, 0.3) is 5.91 Å². The lowest BCUT2D eigenvalue weighted by atomic mass is 10.1. The highest BCUT2D eigenvalue weighted by Gasteiger charge is 2.29. The van der Waals surface area contributed by atoms with Crippen LogP contribution in [0.5, 0.6) is 0 Å². The first-order valence-corrected chi connectivity index (χ1v) is 10.5. The zero-order valence-corrected chi connectivity index (χ0v) is 20.3. The van der Waals surface area contributed by atoms with Gasteiger partial charge in [-0.05, 0) is 81.6 Å². The number of hydrogen-bond acceptors (Lipinski definition) is 6. The fourth-order valence-corrected chi connectivity index (χ4v) is 6.04. The van der Waals surface area contributed by atoms with Crippen LogP contribution in [0, 0.1) is 10.7 Å². The lowest BCUT2D eigenvalue weighted by Gasteiger charge is -2.23. The number of carbonyl (C=O) groups is 2. The number of esters is 1. The first-order valence-electron chi connectivity index (χ1n) is 7.24. The standard InChI is InChI=1S/C15H19I3N2O5/c1-6(2)25-15(24)9-10(16)8(11(17)13(19)12(9)18)14(23)20(3)4-7(22)5-21/h6-7,21-22H,4-5,19H2,1-3H3. The van der Waals surface area contributed by atoms with E-state index in [0.29, 0.717) is 16.4 Å². The largest absolute Gasteiger partial charge is 0.459 e. The van der Waals surface area contributed by atoms with Crippen LogP contribution < -0.4 is 5.73 Å². The molecule has 0 saturated heterocycles. The summed E-state index contributed by atoms with van der Waals surface area (Å²) in [6.07, 6.45) is -1.35. The number of anilines is 1. The molecule has 0 aliphatic heterocycles. The van der Waals surface area contributed by atoms with Crippen LogP contribution in [0.3, 0.4) is 0 Å². The van der Waals surface area contributed by atoms with Gasteiger partial charge in [-0.25, -0.2) is 4.79 Å². The van der Waals surface area contributed by atoms with E-state index in [2.05, 4.69) is 0 Å². The lowest BCUT2D eigenvalue weighted by molar-refractivity contribution is 0.0375. The minimum Gasteiger partial charge on any atom is -0.459 e. The second kappa shape index (κ2) is 9.85. The second-order valence-corrected chi connectivity index (χ2v) is 8.82. The number of benzene rings is 1. The lowest BCUT2D eigenvalue weighted by Crippen LogP contribution is -2.37. The zero-order chi connectivity index (χ0) is 19.5. The van der Waals surface area contributed by atoms with Crippen LogP contribution in [0.4, 0.5) is 5.69 Å². The van der Waals surface area contributed by atoms with Crippen molar-refractivity contribution in [1.29, 1.82) is 0 Å². The highest BCUT2D eigenvalue weighted by molar-refractivity contribution is 14.1. The minimum atomic E-state index is -1.05. The predicted molar refractivity (Wildman–Crippen MR) is 120 cm³/mol. The Morgan fingerprint density at radius 1 is 1.16 bits per heavy atom. The van der Waals surface area contributed by atoms with Gasteiger partial charge in [-0.3, -0.25) is 4.79 Å². The summed E-state index contributed by atoms with van der Waals surface area (Å²) in [4.78, 5) is 26.5. The summed E-state index contributed by atoms with van der Waals surface area (Å²) in [5.41, 5.74) is 6.97. The van der Waals surface area contributed by atoms with Gasteiger partial charge in [0.1, 0.15) is 0 Å². The third kappa shape index (κ3) is 5.52. The summed E-state index contributed by atoms with van der Waals surface area (Å²) in [7, 11) is 1.51. The third-order valence-corrected chi connectivity index (χ3v) is 6.47. The van der Waals surface area contributed by atoms with Crippen LogP contribution in [0.25, 0.3) is 0 Å². The van der Waals surface area contributed by atoms with E-state index >= 15 is 0 Å². The highest BCUT2D eigenvalue weighted by atomic mass is 127. The molecule has 0 heterocycles. The molecule has 0 saturated carbocycles. The molecule has 7 nitrogen and oxygen atoms in total. The van der Waals surface area contributed by atoms with E-state index in [4.69, 9.17) is 15.6 Å². The molecule has 0 radical (unpaired) electrons. The van der Waals surface area contributed by atoms with Gasteiger partial charge in [0.05, 0.1) is 42.8 Å². The summed E-state index contributed by atoms with van der Waals surface area (Å²) < 4.78 is 6.78. The second-order valence-electron chi connectivity index (χ2n) is 5.58. The van der Waals surface area contributed by atoms with Gasteiger partial charge in [-0.15, -0.1) is 0 Å². The summed E-state index contributed by atoms with van der Waals surface area (Å²) >= 11 is 5.87. The molecule has 0 aliphatic rings. The Morgan fingerprint density at radius 2 is 1.68 bits per heavy atom. The summed E-state index contributed by atoms with van der Waals surface area (Å²) in [6, 6.07) is 0. The number of aliphatic hydroxyl groups is 2. The summed E-state index contributed by atoms with van der Waals surface area (Å²) in [5, 5.41) is 18.5. The van der Waals surface area contributed by atoms with Crippen molar-refractivity contribution in [3.8, 4) is 0 Å². The molecule has 4 N–H and O–H groups in total. The van der Waals surface area contributed by atoms with Crippen LogP contribution in [0.15, 0.2) is 0 Å². The SMILES string of the molecule is CC(C)OC(=O)c1c(I)c(N)c(I)c(C(=O)N(C)CC(O)CO)c1I. The number of ether oxygens (including phenoxy) is 1. The van der Waals surface area contributed by atoms with Crippen molar-refractivity contribution in [3.63, 3.8) is 0 Å². The van der Waals surface area contributed by atoms with Crippen molar-refractivity contribution >= 4 is 85.3 Å². The zero-order valence-electron chi connectivity index (χ0n) is 13.8. The molecule has 1 unspecified atom stereocenters. The quantitative estimate of drug-likeness (QED) is 0.240. The van der Waals surface area contributed by atoms with Gasteiger partial charge in [-0.2, -0.15) is 0 Å². The third-order valence-electron chi connectivity index (χ3n) is 3.15. The molecular formula is C15H19I3N2O5. The van der Waals surface area contributed by atoms with Gasteiger partial charge >= 0.3 is 5.97 Å². The first kappa shape index (κ1) is 23.1. The predicted octanol–water partition coefficient (Wildman–Crippen LogP) is 2.07. The van der Waals surface area contributed by atoms with E-state index in [1.165, 1.54) is 11.9 Å². The normalized spacial score (nSPS) is 12.2. The molecule has 1 aromatic carbocycles. The summed E-state index contributed by atoms with van der Waals surface area (Å²) in [6.45, 7) is 2.99. The minimum absolute atomic E-state index is 0.0425. The highest BCUT2D eigenvalue weighted by Crippen LogP contribution is 2.35. The number of aliphatic hydroxyl groups excluding tert-OH is 2. The molecule has 140 valence electrons. The number of carbonyl (C=O) groups excluding carboxylic acids is 2. The number of rotatable bonds is 6. The van der Waals surface area contributed by atoms with Crippen molar-refractivity contribution in [3.05, 3.63) is 21.8 Å². The molecule has 25 heavy (non-hydrogen) atoms.